The summed E-state index contributed by atoms with van der Waals surface area (Å²) < 4.78 is 3.80. The molecule has 0 radical (unpaired) electrons. The number of hydrogen-bond donors (Lipinski definition) is 1. The molecule has 80 valence electrons. The Hall–Kier alpha value is -0.920. The summed E-state index contributed by atoms with van der Waals surface area (Å²) in [5.41, 5.74) is 0.813. The van der Waals surface area contributed by atoms with Crippen molar-refractivity contribution in [3.8, 4) is 10.7 Å². The van der Waals surface area contributed by atoms with Crippen molar-refractivity contribution in [3.05, 3.63) is 10.4 Å². The van der Waals surface area contributed by atoms with Crippen LogP contribution in [0.3, 0.4) is 0 Å². The van der Waals surface area contributed by atoms with Gasteiger partial charge in [0, 0.05) is 18.0 Å². The molecule has 15 heavy (non-hydrogen) atoms. The molecule has 0 bridgehead atoms. The molecule has 0 saturated carbocycles. The van der Waals surface area contributed by atoms with Gasteiger partial charge in [0.15, 0.2) is 5.01 Å². The van der Waals surface area contributed by atoms with Gasteiger partial charge in [-0.05, 0) is 11.5 Å². The largest absolute Gasteiger partial charge is 0.308 e. The van der Waals surface area contributed by atoms with E-state index in [1.165, 1.54) is 11.5 Å². The van der Waals surface area contributed by atoms with Gasteiger partial charge in [0.2, 0.25) is 0 Å². The molecule has 2 rings (SSSR count). The Bertz CT molecular complexity index is 408. The first-order valence-corrected chi connectivity index (χ1v) is 6.24. The molecule has 0 aliphatic rings. The Labute approximate surface area is 95.7 Å². The molecule has 2 aromatic rings. The van der Waals surface area contributed by atoms with Crippen molar-refractivity contribution in [1.82, 2.24) is 25.1 Å². The molecule has 0 fully saturated rings. The number of nitrogens with zero attached hydrogens (tertiary/aromatic N) is 4. The van der Waals surface area contributed by atoms with Crippen LogP contribution in [0.4, 0.5) is 0 Å². The van der Waals surface area contributed by atoms with Crippen molar-refractivity contribution < 1.29 is 0 Å². The van der Waals surface area contributed by atoms with Crippen molar-refractivity contribution in [1.29, 1.82) is 0 Å². The second-order valence-corrected chi connectivity index (χ2v) is 5.00. The number of rotatable bonds is 4. The van der Waals surface area contributed by atoms with Crippen molar-refractivity contribution >= 4 is 22.9 Å². The third-order valence-corrected chi connectivity index (χ3v) is 3.16. The molecule has 0 saturated heterocycles. The van der Waals surface area contributed by atoms with Gasteiger partial charge in [-0.25, -0.2) is 0 Å². The molecular weight excluding hydrogens is 230 g/mol. The SMILES string of the molecule is CC(C)NCc1nnc(-c2csnn2)s1. The lowest BCUT2D eigenvalue weighted by atomic mass is 10.4. The van der Waals surface area contributed by atoms with Crippen molar-refractivity contribution in [2.45, 2.75) is 26.4 Å². The first-order valence-electron chi connectivity index (χ1n) is 4.59. The summed E-state index contributed by atoms with van der Waals surface area (Å²) in [4.78, 5) is 0. The summed E-state index contributed by atoms with van der Waals surface area (Å²) in [6, 6.07) is 0.457. The number of hydrogen-bond acceptors (Lipinski definition) is 7. The van der Waals surface area contributed by atoms with Crippen LogP contribution in [0, 0.1) is 0 Å². The van der Waals surface area contributed by atoms with Crippen LogP contribution in [0.1, 0.15) is 18.9 Å². The van der Waals surface area contributed by atoms with E-state index in [-0.39, 0.29) is 0 Å². The third kappa shape index (κ3) is 2.77. The fraction of sp³-hybridized carbons (Fsp3) is 0.500. The maximum atomic E-state index is 4.09. The van der Waals surface area contributed by atoms with Gasteiger partial charge in [0.05, 0.1) is 0 Å². The zero-order valence-electron chi connectivity index (χ0n) is 8.47. The summed E-state index contributed by atoms with van der Waals surface area (Å²) >= 11 is 2.88. The average molecular weight is 241 g/mol. The minimum atomic E-state index is 0.457. The predicted octanol–water partition coefficient (Wildman–Crippen LogP) is 1.55. The van der Waals surface area contributed by atoms with E-state index in [1.54, 1.807) is 11.3 Å². The Morgan fingerprint density at radius 3 is 2.87 bits per heavy atom. The van der Waals surface area contributed by atoms with Gasteiger partial charge in [-0.1, -0.05) is 29.7 Å². The summed E-state index contributed by atoms with van der Waals surface area (Å²) in [6.45, 7) is 4.96. The lowest BCUT2D eigenvalue weighted by Crippen LogP contribution is -2.21. The van der Waals surface area contributed by atoms with Crippen LogP contribution in [0.5, 0.6) is 0 Å². The standard InChI is InChI=1S/C8H11N5S2/c1-5(2)9-3-7-11-12-8(15-7)6-4-14-13-10-6/h4-5,9H,3H2,1-2H3. The molecule has 0 aromatic carbocycles. The van der Waals surface area contributed by atoms with Crippen molar-refractivity contribution in [2.75, 3.05) is 0 Å². The van der Waals surface area contributed by atoms with E-state index in [0.29, 0.717) is 6.04 Å². The van der Waals surface area contributed by atoms with E-state index in [4.69, 9.17) is 0 Å². The van der Waals surface area contributed by atoms with Crippen LogP contribution in [0.2, 0.25) is 0 Å². The Kier molecular flexibility index (Phi) is 3.34. The van der Waals surface area contributed by atoms with Gasteiger partial charge in [0.1, 0.15) is 10.7 Å². The first kappa shape index (κ1) is 10.6. The monoisotopic (exact) mass is 241 g/mol. The van der Waals surface area contributed by atoms with Gasteiger partial charge >= 0.3 is 0 Å². The molecule has 2 aromatic heterocycles. The summed E-state index contributed by atoms with van der Waals surface area (Å²) in [7, 11) is 0. The molecule has 2 heterocycles. The average Bonchev–Trinajstić information content (AvgIpc) is 2.85. The molecular formula is C8H11N5S2. The van der Waals surface area contributed by atoms with Gasteiger partial charge in [-0.3, -0.25) is 0 Å². The quantitative estimate of drug-likeness (QED) is 0.880. The lowest BCUT2D eigenvalue weighted by molar-refractivity contribution is 0.585. The predicted molar refractivity (Wildman–Crippen MR) is 60.8 cm³/mol. The topological polar surface area (TPSA) is 63.6 Å². The number of nitrogens with one attached hydrogen (secondary N) is 1. The number of aromatic nitrogens is 4. The minimum Gasteiger partial charge on any atom is -0.308 e. The molecule has 1 N–H and O–H groups in total. The molecule has 0 aliphatic carbocycles. The van der Waals surface area contributed by atoms with Crippen LogP contribution in [-0.2, 0) is 6.54 Å². The van der Waals surface area contributed by atoms with Crippen LogP contribution in [0.25, 0.3) is 10.7 Å². The van der Waals surface area contributed by atoms with Crippen molar-refractivity contribution in [3.63, 3.8) is 0 Å². The highest BCUT2D eigenvalue weighted by Crippen LogP contribution is 2.21. The highest BCUT2D eigenvalue weighted by atomic mass is 32.1. The summed E-state index contributed by atoms with van der Waals surface area (Å²) in [6.07, 6.45) is 0. The second-order valence-electron chi connectivity index (χ2n) is 3.33. The van der Waals surface area contributed by atoms with Crippen LogP contribution in [0.15, 0.2) is 5.38 Å². The molecule has 0 atom stereocenters. The van der Waals surface area contributed by atoms with Gasteiger partial charge in [-0.15, -0.1) is 15.3 Å². The maximum absolute atomic E-state index is 4.09. The lowest BCUT2D eigenvalue weighted by Gasteiger charge is -2.03. The van der Waals surface area contributed by atoms with E-state index in [9.17, 15) is 0 Å². The molecule has 7 heteroatoms. The zero-order valence-corrected chi connectivity index (χ0v) is 10.1. The fourth-order valence-corrected chi connectivity index (χ4v) is 2.24. The van der Waals surface area contributed by atoms with E-state index in [1.807, 2.05) is 5.38 Å². The molecule has 0 spiro atoms. The normalized spacial score (nSPS) is 11.1. The van der Waals surface area contributed by atoms with Crippen LogP contribution >= 0.6 is 22.9 Å². The first-order chi connectivity index (χ1) is 7.25. The fourth-order valence-electron chi connectivity index (χ4n) is 0.978. The molecule has 0 unspecified atom stereocenters. The summed E-state index contributed by atoms with van der Waals surface area (Å²) in [5, 5.41) is 19.1. The Balaban J connectivity index is 2.04. The highest BCUT2D eigenvalue weighted by Gasteiger charge is 2.08. The summed E-state index contributed by atoms with van der Waals surface area (Å²) in [5.74, 6) is 0. The smallest absolute Gasteiger partial charge is 0.169 e. The van der Waals surface area contributed by atoms with Gasteiger partial charge in [-0.2, -0.15) is 0 Å². The Morgan fingerprint density at radius 1 is 1.33 bits per heavy atom. The van der Waals surface area contributed by atoms with E-state index >= 15 is 0 Å². The third-order valence-electron chi connectivity index (χ3n) is 1.71. The highest BCUT2D eigenvalue weighted by molar-refractivity contribution is 7.14. The van der Waals surface area contributed by atoms with E-state index in [0.717, 1.165) is 22.3 Å². The zero-order chi connectivity index (χ0) is 10.7. The molecule has 0 amide bonds. The molecule has 5 nitrogen and oxygen atoms in total. The minimum absolute atomic E-state index is 0.457. The van der Waals surface area contributed by atoms with Gasteiger partial charge < -0.3 is 5.32 Å². The Morgan fingerprint density at radius 2 is 2.20 bits per heavy atom. The van der Waals surface area contributed by atoms with Crippen LogP contribution < -0.4 is 5.32 Å². The van der Waals surface area contributed by atoms with E-state index < -0.39 is 0 Å². The van der Waals surface area contributed by atoms with Crippen molar-refractivity contribution in [2.24, 2.45) is 0 Å². The molecule has 0 aliphatic heterocycles. The maximum Gasteiger partial charge on any atom is 0.169 e. The second kappa shape index (κ2) is 4.73. The van der Waals surface area contributed by atoms with Crippen LogP contribution in [-0.4, -0.2) is 25.8 Å². The van der Waals surface area contributed by atoms with Gasteiger partial charge in [0.25, 0.3) is 0 Å². The van der Waals surface area contributed by atoms with E-state index in [2.05, 4.69) is 38.9 Å².